The molecule has 2 atom stereocenters. The van der Waals surface area contributed by atoms with Crippen LogP contribution in [0.3, 0.4) is 0 Å². The van der Waals surface area contributed by atoms with Gasteiger partial charge in [0.25, 0.3) is 0 Å². The summed E-state index contributed by atoms with van der Waals surface area (Å²) in [4.78, 5) is 17.3. The molecule has 0 bridgehead atoms. The molecule has 3 nitrogen and oxygen atoms in total. The van der Waals surface area contributed by atoms with Crippen molar-refractivity contribution < 1.29 is 9.18 Å². The van der Waals surface area contributed by atoms with E-state index in [1.807, 2.05) is 29.2 Å². The highest BCUT2D eigenvalue weighted by atomic mass is 35.5. The average Bonchev–Trinajstić information content (AvgIpc) is 3.48. The maximum Gasteiger partial charge on any atom is 0.226 e. The first-order valence-electron chi connectivity index (χ1n) is 9.61. The third-order valence-electron chi connectivity index (χ3n) is 5.63. The molecule has 142 valence electrons. The predicted octanol–water partition coefficient (Wildman–Crippen LogP) is 4.32. The Morgan fingerprint density at radius 2 is 1.74 bits per heavy atom. The number of nitrogens with zero attached hydrogens (tertiary/aromatic N) is 2. The molecule has 0 radical (unpaired) electrons. The standard InChI is InChI=1S/C22H24ClFN2O/c23-18-6-2-16(3-7-18)15-25-10-1-11-26(13-12-25)22(27)21-14-20(21)17-4-8-19(24)9-5-17/h2-9,20-21H,1,10-15H2. The molecule has 2 fully saturated rings. The summed E-state index contributed by atoms with van der Waals surface area (Å²) in [5, 5.41) is 0.756. The molecule has 0 aromatic heterocycles. The summed E-state index contributed by atoms with van der Waals surface area (Å²) in [5.74, 6) is 0.359. The zero-order chi connectivity index (χ0) is 18.8. The molecule has 2 unspecified atom stereocenters. The van der Waals surface area contributed by atoms with E-state index in [1.54, 1.807) is 0 Å². The van der Waals surface area contributed by atoms with Gasteiger partial charge in [0.05, 0.1) is 0 Å². The molecule has 5 heteroatoms. The Bertz CT molecular complexity index is 793. The highest BCUT2D eigenvalue weighted by molar-refractivity contribution is 6.30. The largest absolute Gasteiger partial charge is 0.341 e. The number of rotatable bonds is 4. The van der Waals surface area contributed by atoms with Crippen molar-refractivity contribution in [1.29, 1.82) is 0 Å². The summed E-state index contributed by atoms with van der Waals surface area (Å²) in [6.07, 6.45) is 1.88. The van der Waals surface area contributed by atoms with Crippen LogP contribution in [0, 0.1) is 11.7 Å². The van der Waals surface area contributed by atoms with Crippen LogP contribution in [0.4, 0.5) is 4.39 Å². The van der Waals surface area contributed by atoms with E-state index in [-0.39, 0.29) is 23.6 Å². The number of hydrogen-bond donors (Lipinski definition) is 0. The molecule has 1 aliphatic heterocycles. The van der Waals surface area contributed by atoms with Crippen LogP contribution < -0.4 is 0 Å². The number of benzene rings is 2. The molecule has 1 aliphatic carbocycles. The third kappa shape index (κ3) is 4.50. The first kappa shape index (κ1) is 18.5. The van der Waals surface area contributed by atoms with E-state index in [1.165, 1.54) is 17.7 Å². The lowest BCUT2D eigenvalue weighted by Crippen LogP contribution is -2.36. The number of halogens is 2. The molecule has 1 saturated carbocycles. The summed E-state index contributed by atoms with van der Waals surface area (Å²) in [5.41, 5.74) is 2.33. The van der Waals surface area contributed by atoms with E-state index in [2.05, 4.69) is 17.0 Å². The second-order valence-corrected chi connectivity index (χ2v) is 8.02. The highest BCUT2D eigenvalue weighted by Crippen LogP contribution is 2.48. The van der Waals surface area contributed by atoms with E-state index < -0.39 is 0 Å². The van der Waals surface area contributed by atoms with Gasteiger partial charge < -0.3 is 4.90 Å². The topological polar surface area (TPSA) is 23.6 Å². The predicted molar refractivity (Wildman–Crippen MR) is 105 cm³/mol. The molecular weight excluding hydrogens is 363 g/mol. The van der Waals surface area contributed by atoms with Crippen LogP contribution in [-0.2, 0) is 11.3 Å². The SMILES string of the molecule is O=C(C1CC1c1ccc(F)cc1)N1CCCN(Cc2ccc(Cl)cc2)CC1. The van der Waals surface area contributed by atoms with Crippen LogP contribution in [0.1, 0.15) is 29.9 Å². The van der Waals surface area contributed by atoms with E-state index >= 15 is 0 Å². The minimum atomic E-state index is -0.226. The van der Waals surface area contributed by atoms with Gasteiger partial charge in [-0.3, -0.25) is 9.69 Å². The van der Waals surface area contributed by atoms with Crippen LogP contribution in [-0.4, -0.2) is 41.9 Å². The van der Waals surface area contributed by atoms with Crippen LogP contribution in [0.5, 0.6) is 0 Å². The van der Waals surface area contributed by atoms with Gasteiger partial charge in [0, 0.05) is 43.7 Å². The van der Waals surface area contributed by atoms with E-state index in [0.29, 0.717) is 0 Å². The van der Waals surface area contributed by atoms with Crippen molar-refractivity contribution in [1.82, 2.24) is 9.80 Å². The monoisotopic (exact) mass is 386 g/mol. The molecule has 4 rings (SSSR count). The molecule has 1 saturated heterocycles. The van der Waals surface area contributed by atoms with Crippen LogP contribution in [0.25, 0.3) is 0 Å². The van der Waals surface area contributed by atoms with Gasteiger partial charge in [-0.2, -0.15) is 0 Å². The summed E-state index contributed by atoms with van der Waals surface area (Å²) >= 11 is 5.96. The Morgan fingerprint density at radius 3 is 2.48 bits per heavy atom. The normalized spacial score (nSPS) is 23.1. The zero-order valence-corrected chi connectivity index (χ0v) is 16.0. The maximum atomic E-state index is 13.1. The summed E-state index contributed by atoms with van der Waals surface area (Å²) in [6.45, 7) is 4.38. The second kappa shape index (κ2) is 7.99. The number of carbonyl (C=O) groups excluding carboxylic acids is 1. The number of amides is 1. The minimum Gasteiger partial charge on any atom is -0.341 e. The van der Waals surface area contributed by atoms with E-state index in [4.69, 9.17) is 11.6 Å². The fourth-order valence-electron chi connectivity index (χ4n) is 3.98. The molecule has 0 spiro atoms. The van der Waals surface area contributed by atoms with Crippen LogP contribution >= 0.6 is 11.6 Å². The lowest BCUT2D eigenvalue weighted by atomic mass is 10.1. The average molecular weight is 387 g/mol. The van der Waals surface area contributed by atoms with E-state index in [9.17, 15) is 9.18 Å². The van der Waals surface area contributed by atoms with Crippen molar-refractivity contribution >= 4 is 17.5 Å². The highest BCUT2D eigenvalue weighted by Gasteiger charge is 2.45. The Hall–Kier alpha value is -1.91. The van der Waals surface area contributed by atoms with Crippen LogP contribution in [0.2, 0.25) is 5.02 Å². The minimum absolute atomic E-state index is 0.0678. The molecule has 27 heavy (non-hydrogen) atoms. The Kier molecular flexibility index (Phi) is 5.46. The fourth-order valence-corrected chi connectivity index (χ4v) is 4.10. The van der Waals surface area contributed by atoms with Crippen molar-refractivity contribution in [2.75, 3.05) is 26.2 Å². The van der Waals surface area contributed by atoms with Crippen molar-refractivity contribution in [2.24, 2.45) is 5.92 Å². The smallest absolute Gasteiger partial charge is 0.226 e. The summed E-state index contributed by atoms with van der Waals surface area (Å²) in [7, 11) is 0. The first-order chi connectivity index (χ1) is 13.1. The van der Waals surface area contributed by atoms with Crippen molar-refractivity contribution in [2.45, 2.75) is 25.3 Å². The molecule has 2 aliphatic rings. The second-order valence-electron chi connectivity index (χ2n) is 7.58. The lowest BCUT2D eigenvalue weighted by molar-refractivity contribution is -0.132. The van der Waals surface area contributed by atoms with Gasteiger partial charge in [-0.15, -0.1) is 0 Å². The maximum absolute atomic E-state index is 13.1. The third-order valence-corrected chi connectivity index (χ3v) is 5.88. The van der Waals surface area contributed by atoms with Gasteiger partial charge in [-0.1, -0.05) is 35.9 Å². The van der Waals surface area contributed by atoms with Gasteiger partial charge in [-0.05, 0) is 54.2 Å². The Labute approximate surface area is 164 Å². The van der Waals surface area contributed by atoms with Crippen molar-refractivity contribution in [3.8, 4) is 0 Å². The van der Waals surface area contributed by atoms with Gasteiger partial charge in [-0.25, -0.2) is 4.39 Å². The Balaban J connectivity index is 1.31. The van der Waals surface area contributed by atoms with Gasteiger partial charge in [0.2, 0.25) is 5.91 Å². The molecule has 1 amide bonds. The van der Waals surface area contributed by atoms with Gasteiger partial charge in [0.15, 0.2) is 0 Å². The molecular formula is C22H24ClFN2O. The van der Waals surface area contributed by atoms with Gasteiger partial charge in [0.1, 0.15) is 5.82 Å². The fraction of sp³-hybridized carbons (Fsp3) is 0.409. The van der Waals surface area contributed by atoms with Gasteiger partial charge >= 0.3 is 0 Å². The number of carbonyl (C=O) groups is 1. The lowest BCUT2D eigenvalue weighted by Gasteiger charge is -2.22. The van der Waals surface area contributed by atoms with Crippen molar-refractivity contribution in [3.05, 3.63) is 70.5 Å². The Morgan fingerprint density at radius 1 is 1.00 bits per heavy atom. The molecule has 2 aromatic rings. The summed E-state index contributed by atoms with van der Waals surface area (Å²) in [6, 6.07) is 14.6. The van der Waals surface area contributed by atoms with Crippen LogP contribution in [0.15, 0.2) is 48.5 Å². The zero-order valence-electron chi connectivity index (χ0n) is 15.3. The number of hydrogen-bond acceptors (Lipinski definition) is 2. The quantitative estimate of drug-likeness (QED) is 0.781. The molecule has 0 N–H and O–H groups in total. The first-order valence-corrected chi connectivity index (χ1v) is 9.99. The van der Waals surface area contributed by atoms with Crippen molar-refractivity contribution in [3.63, 3.8) is 0 Å². The molecule has 1 heterocycles. The summed E-state index contributed by atoms with van der Waals surface area (Å²) < 4.78 is 13.1. The van der Waals surface area contributed by atoms with E-state index in [0.717, 1.165) is 56.2 Å². The molecule has 2 aromatic carbocycles.